The van der Waals surface area contributed by atoms with E-state index in [1.54, 1.807) is 4.68 Å². The first-order chi connectivity index (χ1) is 9.13. The molecule has 0 spiro atoms. The number of hydrogen-bond acceptors (Lipinski definition) is 2. The first-order valence-electron chi connectivity index (χ1n) is 6.19. The number of fused-ring (bicyclic) bond motifs is 1. The summed E-state index contributed by atoms with van der Waals surface area (Å²) in [6.45, 7) is 0. The van der Waals surface area contributed by atoms with Crippen LogP contribution in [0.15, 0.2) is 30.5 Å². The highest BCUT2D eigenvalue weighted by Crippen LogP contribution is 2.26. The lowest BCUT2D eigenvalue weighted by atomic mass is 9.88. The van der Waals surface area contributed by atoms with Crippen LogP contribution in [0, 0.1) is 5.92 Å². The normalized spacial score (nSPS) is 18.1. The Bertz CT molecular complexity index is 619. The van der Waals surface area contributed by atoms with E-state index in [4.69, 9.17) is 16.7 Å². The monoisotopic (exact) mass is 276 g/mol. The second-order valence-corrected chi connectivity index (χ2v) is 5.24. The summed E-state index contributed by atoms with van der Waals surface area (Å²) in [5.41, 5.74) is 2.98. The molecule has 3 rings (SSSR count). The van der Waals surface area contributed by atoms with Gasteiger partial charge in [0.15, 0.2) is 0 Å². The Morgan fingerprint density at radius 2 is 2.11 bits per heavy atom. The van der Waals surface area contributed by atoms with Crippen molar-refractivity contribution < 1.29 is 9.90 Å². The summed E-state index contributed by atoms with van der Waals surface area (Å²) in [6, 6.07) is 7.43. The minimum atomic E-state index is -0.718. The van der Waals surface area contributed by atoms with Crippen LogP contribution in [0.2, 0.25) is 5.02 Å². The third-order valence-electron chi connectivity index (χ3n) is 3.51. The van der Waals surface area contributed by atoms with Crippen LogP contribution in [0.1, 0.15) is 17.7 Å². The van der Waals surface area contributed by atoms with E-state index < -0.39 is 5.97 Å². The van der Waals surface area contributed by atoms with Crippen LogP contribution in [0.3, 0.4) is 0 Å². The molecule has 1 N–H and O–H groups in total. The molecule has 0 bridgehead atoms. The molecule has 1 aliphatic rings. The zero-order valence-electron chi connectivity index (χ0n) is 10.2. The number of aromatic nitrogens is 2. The molecule has 4 nitrogen and oxygen atoms in total. The van der Waals surface area contributed by atoms with E-state index in [2.05, 4.69) is 5.10 Å². The zero-order chi connectivity index (χ0) is 13.4. The van der Waals surface area contributed by atoms with Gasteiger partial charge in [0.05, 0.1) is 17.3 Å². The molecule has 1 aromatic carbocycles. The van der Waals surface area contributed by atoms with Gasteiger partial charge in [0.1, 0.15) is 0 Å². The standard InChI is InChI=1S/C14H13ClN2O2/c15-11-2-4-12(5-3-11)17-8-10-7-9(14(18)19)1-6-13(10)16-17/h2-5,8-9H,1,6-7H2,(H,18,19)/t9-/m1/s1. The van der Waals surface area contributed by atoms with Gasteiger partial charge in [0.25, 0.3) is 0 Å². The fraction of sp³-hybridized carbons (Fsp3) is 0.286. The van der Waals surface area contributed by atoms with Crippen molar-refractivity contribution in [2.24, 2.45) is 5.92 Å². The molecule has 2 aromatic rings. The van der Waals surface area contributed by atoms with Gasteiger partial charge in [-0.2, -0.15) is 5.10 Å². The van der Waals surface area contributed by atoms with Gasteiger partial charge >= 0.3 is 5.97 Å². The lowest BCUT2D eigenvalue weighted by Crippen LogP contribution is -2.21. The maximum Gasteiger partial charge on any atom is 0.306 e. The number of carboxylic acids is 1. The molecule has 1 aliphatic carbocycles. The fourth-order valence-corrected chi connectivity index (χ4v) is 2.57. The van der Waals surface area contributed by atoms with E-state index in [9.17, 15) is 4.79 Å². The van der Waals surface area contributed by atoms with E-state index in [-0.39, 0.29) is 5.92 Å². The van der Waals surface area contributed by atoms with Crippen LogP contribution in [0.25, 0.3) is 5.69 Å². The van der Waals surface area contributed by atoms with E-state index >= 15 is 0 Å². The SMILES string of the molecule is O=C(O)[C@@H]1CCc2nn(-c3ccc(Cl)cc3)cc2C1. The molecule has 0 saturated heterocycles. The molecule has 98 valence electrons. The second-order valence-electron chi connectivity index (χ2n) is 4.80. The first-order valence-corrected chi connectivity index (χ1v) is 6.57. The average Bonchev–Trinajstić information content (AvgIpc) is 2.82. The molecular formula is C14H13ClN2O2. The highest BCUT2D eigenvalue weighted by atomic mass is 35.5. The molecule has 0 fully saturated rings. The minimum absolute atomic E-state index is 0.282. The van der Waals surface area contributed by atoms with Crippen LogP contribution < -0.4 is 0 Å². The number of halogens is 1. The van der Waals surface area contributed by atoms with Crippen LogP contribution in [0.5, 0.6) is 0 Å². The quantitative estimate of drug-likeness (QED) is 0.917. The van der Waals surface area contributed by atoms with Gasteiger partial charge in [0, 0.05) is 11.2 Å². The Morgan fingerprint density at radius 1 is 1.37 bits per heavy atom. The number of nitrogens with zero attached hydrogens (tertiary/aromatic N) is 2. The van der Waals surface area contributed by atoms with Crippen molar-refractivity contribution in [2.45, 2.75) is 19.3 Å². The molecule has 5 heteroatoms. The molecule has 0 unspecified atom stereocenters. The molecular weight excluding hydrogens is 264 g/mol. The van der Waals surface area contributed by atoms with Gasteiger partial charge in [-0.05, 0) is 49.1 Å². The average molecular weight is 277 g/mol. The summed E-state index contributed by atoms with van der Waals surface area (Å²) in [7, 11) is 0. The van der Waals surface area contributed by atoms with E-state index in [0.29, 0.717) is 17.9 Å². The van der Waals surface area contributed by atoms with E-state index in [0.717, 1.165) is 23.4 Å². The van der Waals surface area contributed by atoms with Crippen molar-refractivity contribution in [3.63, 3.8) is 0 Å². The smallest absolute Gasteiger partial charge is 0.306 e. The van der Waals surface area contributed by atoms with Crippen LogP contribution >= 0.6 is 11.6 Å². The van der Waals surface area contributed by atoms with Crippen molar-refractivity contribution in [1.82, 2.24) is 9.78 Å². The lowest BCUT2D eigenvalue weighted by Gasteiger charge is -2.16. The van der Waals surface area contributed by atoms with Gasteiger partial charge < -0.3 is 5.11 Å². The van der Waals surface area contributed by atoms with Crippen LogP contribution in [0.4, 0.5) is 0 Å². The van der Waals surface area contributed by atoms with Crippen molar-refractivity contribution >= 4 is 17.6 Å². The summed E-state index contributed by atoms with van der Waals surface area (Å²) < 4.78 is 1.80. The predicted molar refractivity (Wildman–Crippen MR) is 71.7 cm³/mol. The number of aliphatic carboxylic acids is 1. The van der Waals surface area contributed by atoms with E-state index in [1.165, 1.54) is 0 Å². The van der Waals surface area contributed by atoms with Crippen molar-refractivity contribution in [2.75, 3.05) is 0 Å². The number of hydrogen-bond donors (Lipinski definition) is 1. The molecule has 1 atom stereocenters. The van der Waals surface area contributed by atoms with Gasteiger partial charge in [-0.1, -0.05) is 11.6 Å². The number of aryl methyl sites for hydroxylation is 1. The molecule has 1 heterocycles. The van der Waals surface area contributed by atoms with E-state index in [1.807, 2.05) is 30.5 Å². The predicted octanol–water partition coefficient (Wildman–Crippen LogP) is 2.72. The van der Waals surface area contributed by atoms with Crippen molar-refractivity contribution in [3.05, 3.63) is 46.7 Å². The summed E-state index contributed by atoms with van der Waals surface area (Å²) in [6.07, 6.45) is 3.89. The molecule has 19 heavy (non-hydrogen) atoms. The van der Waals surface area contributed by atoms with Gasteiger partial charge in [-0.25, -0.2) is 4.68 Å². The third kappa shape index (κ3) is 2.36. The summed E-state index contributed by atoms with van der Waals surface area (Å²) in [5.74, 6) is -1.000. The molecule has 0 aliphatic heterocycles. The number of rotatable bonds is 2. The Kier molecular flexibility index (Phi) is 3.03. The Morgan fingerprint density at radius 3 is 2.79 bits per heavy atom. The molecule has 1 aromatic heterocycles. The molecule has 0 amide bonds. The van der Waals surface area contributed by atoms with Gasteiger partial charge in [0.2, 0.25) is 0 Å². The van der Waals surface area contributed by atoms with Crippen LogP contribution in [-0.4, -0.2) is 20.9 Å². The maximum atomic E-state index is 11.0. The van der Waals surface area contributed by atoms with Crippen molar-refractivity contribution in [3.8, 4) is 5.69 Å². The zero-order valence-corrected chi connectivity index (χ0v) is 11.0. The minimum Gasteiger partial charge on any atom is -0.481 e. The second kappa shape index (κ2) is 4.70. The van der Waals surface area contributed by atoms with Gasteiger partial charge in [-0.3, -0.25) is 4.79 Å². The topological polar surface area (TPSA) is 55.1 Å². The third-order valence-corrected chi connectivity index (χ3v) is 3.77. The maximum absolute atomic E-state index is 11.0. The molecule has 0 radical (unpaired) electrons. The van der Waals surface area contributed by atoms with Crippen LogP contribution in [-0.2, 0) is 17.6 Å². The van der Waals surface area contributed by atoms with Gasteiger partial charge in [-0.15, -0.1) is 0 Å². The molecule has 0 saturated carbocycles. The highest BCUT2D eigenvalue weighted by molar-refractivity contribution is 6.30. The largest absolute Gasteiger partial charge is 0.481 e. The number of carboxylic acid groups (broad SMARTS) is 1. The first kappa shape index (κ1) is 12.2. The van der Waals surface area contributed by atoms with Crippen molar-refractivity contribution in [1.29, 1.82) is 0 Å². The summed E-state index contributed by atoms with van der Waals surface area (Å²) in [4.78, 5) is 11.0. The lowest BCUT2D eigenvalue weighted by molar-refractivity contribution is -0.142. The fourth-order valence-electron chi connectivity index (χ4n) is 2.44. The Balaban J connectivity index is 1.91. The Hall–Kier alpha value is -1.81. The highest BCUT2D eigenvalue weighted by Gasteiger charge is 2.26. The Labute approximate surface area is 115 Å². The summed E-state index contributed by atoms with van der Waals surface area (Å²) in [5, 5.41) is 14.3. The number of benzene rings is 1. The number of carbonyl (C=O) groups is 1. The summed E-state index contributed by atoms with van der Waals surface area (Å²) >= 11 is 5.86.